The highest BCUT2D eigenvalue weighted by Crippen LogP contribution is 2.37. The Bertz CT molecular complexity index is 451. The molecular weight excluding hydrogens is 272 g/mol. The highest BCUT2D eigenvalue weighted by Gasteiger charge is 2.29. The SMILES string of the molecule is CN(Cc1nc(NN)ccc1Cl)C1CCC(C)(C)CC1. The van der Waals surface area contributed by atoms with Crippen LogP contribution in [-0.2, 0) is 6.54 Å². The van der Waals surface area contributed by atoms with Gasteiger partial charge in [0, 0.05) is 12.6 Å². The molecular formula is C15H25ClN4. The van der Waals surface area contributed by atoms with Gasteiger partial charge in [-0.25, -0.2) is 10.8 Å². The normalized spacial score (nSPS) is 19.3. The van der Waals surface area contributed by atoms with Crippen molar-refractivity contribution in [2.24, 2.45) is 11.3 Å². The van der Waals surface area contributed by atoms with Gasteiger partial charge in [0.15, 0.2) is 0 Å². The number of aromatic nitrogens is 1. The number of hydrazine groups is 1. The molecule has 0 unspecified atom stereocenters. The fourth-order valence-electron chi connectivity index (χ4n) is 2.87. The number of pyridine rings is 1. The number of rotatable bonds is 4. The van der Waals surface area contributed by atoms with E-state index in [0.717, 1.165) is 12.2 Å². The minimum atomic E-state index is 0.497. The topological polar surface area (TPSA) is 54.2 Å². The second kappa shape index (κ2) is 6.29. The van der Waals surface area contributed by atoms with E-state index in [1.807, 2.05) is 6.07 Å². The van der Waals surface area contributed by atoms with Crippen LogP contribution < -0.4 is 11.3 Å². The van der Waals surface area contributed by atoms with Crippen molar-refractivity contribution in [1.82, 2.24) is 9.88 Å². The first-order valence-corrected chi connectivity index (χ1v) is 7.61. The Hall–Kier alpha value is -0.840. The van der Waals surface area contributed by atoms with Gasteiger partial charge in [-0.3, -0.25) is 4.90 Å². The van der Waals surface area contributed by atoms with Gasteiger partial charge in [-0.05, 0) is 50.3 Å². The molecule has 2 rings (SSSR count). The Kier molecular flexibility index (Phi) is 4.89. The molecule has 0 amide bonds. The zero-order chi connectivity index (χ0) is 14.8. The summed E-state index contributed by atoms with van der Waals surface area (Å²) in [5.74, 6) is 6.06. The van der Waals surface area contributed by atoms with E-state index in [1.165, 1.54) is 25.7 Å². The third kappa shape index (κ3) is 3.84. The zero-order valence-corrected chi connectivity index (χ0v) is 13.4. The van der Waals surface area contributed by atoms with Gasteiger partial charge >= 0.3 is 0 Å². The van der Waals surface area contributed by atoms with Crippen LogP contribution in [0.1, 0.15) is 45.2 Å². The summed E-state index contributed by atoms with van der Waals surface area (Å²) in [6.45, 7) is 5.48. The molecule has 0 aliphatic heterocycles. The van der Waals surface area contributed by atoms with Gasteiger partial charge in [-0.15, -0.1) is 0 Å². The van der Waals surface area contributed by atoms with Gasteiger partial charge in [0.25, 0.3) is 0 Å². The summed E-state index contributed by atoms with van der Waals surface area (Å²) in [5.41, 5.74) is 3.95. The average Bonchev–Trinajstić information content (AvgIpc) is 2.41. The molecule has 1 aliphatic carbocycles. The molecule has 1 aliphatic rings. The Morgan fingerprint density at radius 2 is 2.05 bits per heavy atom. The molecule has 20 heavy (non-hydrogen) atoms. The lowest BCUT2D eigenvalue weighted by Crippen LogP contribution is -2.37. The van der Waals surface area contributed by atoms with Crippen LogP contribution in [-0.4, -0.2) is 23.0 Å². The highest BCUT2D eigenvalue weighted by atomic mass is 35.5. The summed E-state index contributed by atoms with van der Waals surface area (Å²) in [6.07, 6.45) is 5.06. The van der Waals surface area contributed by atoms with E-state index in [0.29, 0.717) is 22.3 Å². The van der Waals surface area contributed by atoms with Gasteiger partial charge in [-0.1, -0.05) is 25.4 Å². The molecule has 0 spiro atoms. The van der Waals surface area contributed by atoms with Crippen LogP contribution >= 0.6 is 11.6 Å². The van der Waals surface area contributed by atoms with E-state index in [9.17, 15) is 0 Å². The summed E-state index contributed by atoms with van der Waals surface area (Å²) in [7, 11) is 2.16. The molecule has 112 valence electrons. The number of nitrogen functional groups attached to an aromatic ring is 1. The number of nitrogens with zero attached hydrogens (tertiary/aromatic N) is 2. The van der Waals surface area contributed by atoms with E-state index in [1.54, 1.807) is 6.07 Å². The minimum absolute atomic E-state index is 0.497. The molecule has 1 saturated carbocycles. The molecule has 3 N–H and O–H groups in total. The lowest BCUT2D eigenvalue weighted by molar-refractivity contribution is 0.122. The van der Waals surface area contributed by atoms with E-state index < -0.39 is 0 Å². The van der Waals surface area contributed by atoms with Crippen molar-refractivity contribution in [3.63, 3.8) is 0 Å². The number of hydrogen-bond acceptors (Lipinski definition) is 4. The van der Waals surface area contributed by atoms with E-state index in [4.69, 9.17) is 17.4 Å². The number of hydrogen-bond donors (Lipinski definition) is 2. The van der Waals surface area contributed by atoms with Gasteiger partial charge in [0.2, 0.25) is 0 Å². The first-order valence-electron chi connectivity index (χ1n) is 7.23. The number of halogens is 1. The largest absolute Gasteiger partial charge is 0.308 e. The molecule has 1 aromatic rings. The van der Waals surface area contributed by atoms with Crippen molar-refractivity contribution in [2.75, 3.05) is 12.5 Å². The van der Waals surface area contributed by atoms with Crippen LogP contribution in [0.5, 0.6) is 0 Å². The summed E-state index contributed by atoms with van der Waals surface area (Å²) in [4.78, 5) is 6.81. The van der Waals surface area contributed by atoms with Crippen LogP contribution in [0, 0.1) is 5.41 Å². The molecule has 5 heteroatoms. The van der Waals surface area contributed by atoms with E-state index in [-0.39, 0.29) is 0 Å². The lowest BCUT2D eigenvalue weighted by atomic mass is 9.75. The fourth-order valence-corrected chi connectivity index (χ4v) is 3.03. The fraction of sp³-hybridized carbons (Fsp3) is 0.667. The van der Waals surface area contributed by atoms with E-state index >= 15 is 0 Å². The molecule has 1 aromatic heterocycles. The average molecular weight is 297 g/mol. The first-order chi connectivity index (χ1) is 9.41. The van der Waals surface area contributed by atoms with Crippen molar-refractivity contribution in [3.05, 3.63) is 22.8 Å². The number of anilines is 1. The third-order valence-corrected chi connectivity index (χ3v) is 4.74. The Balaban J connectivity index is 1.99. The molecule has 0 aromatic carbocycles. The third-order valence-electron chi connectivity index (χ3n) is 4.40. The molecule has 0 bridgehead atoms. The molecule has 1 fully saturated rings. The molecule has 4 nitrogen and oxygen atoms in total. The van der Waals surface area contributed by atoms with Gasteiger partial charge in [0.05, 0.1) is 10.7 Å². The van der Waals surface area contributed by atoms with Crippen molar-refractivity contribution in [2.45, 2.75) is 52.1 Å². The summed E-state index contributed by atoms with van der Waals surface area (Å²) in [5, 5.41) is 0.701. The van der Waals surface area contributed by atoms with Crippen LogP contribution in [0.2, 0.25) is 5.02 Å². The van der Waals surface area contributed by atoms with Crippen LogP contribution in [0.3, 0.4) is 0 Å². The van der Waals surface area contributed by atoms with Crippen molar-refractivity contribution >= 4 is 17.4 Å². The van der Waals surface area contributed by atoms with Gasteiger partial charge in [0.1, 0.15) is 5.82 Å². The Labute approximate surface area is 126 Å². The summed E-state index contributed by atoms with van der Waals surface area (Å²) in [6, 6.07) is 4.25. The van der Waals surface area contributed by atoms with Gasteiger partial charge < -0.3 is 5.43 Å². The van der Waals surface area contributed by atoms with Gasteiger partial charge in [-0.2, -0.15) is 0 Å². The maximum absolute atomic E-state index is 6.22. The minimum Gasteiger partial charge on any atom is -0.308 e. The standard InChI is InChI=1S/C15H25ClN4/c1-15(2)8-6-11(7-9-15)20(3)10-13-12(16)4-5-14(18-13)19-17/h4-5,11H,6-10,17H2,1-3H3,(H,18,19). The van der Waals surface area contributed by atoms with Crippen molar-refractivity contribution < 1.29 is 0 Å². The molecule has 1 heterocycles. The van der Waals surface area contributed by atoms with Crippen LogP contribution in [0.4, 0.5) is 5.82 Å². The predicted octanol–water partition coefficient (Wildman–Crippen LogP) is 3.42. The smallest absolute Gasteiger partial charge is 0.140 e. The number of nitrogens with one attached hydrogen (secondary N) is 1. The second-order valence-electron chi connectivity index (χ2n) is 6.58. The van der Waals surface area contributed by atoms with Crippen LogP contribution in [0.15, 0.2) is 12.1 Å². The lowest BCUT2D eigenvalue weighted by Gasteiger charge is -2.38. The second-order valence-corrected chi connectivity index (χ2v) is 6.99. The quantitative estimate of drug-likeness (QED) is 0.660. The maximum atomic E-state index is 6.22. The molecule has 0 atom stereocenters. The maximum Gasteiger partial charge on any atom is 0.140 e. The summed E-state index contributed by atoms with van der Waals surface area (Å²) >= 11 is 6.22. The zero-order valence-electron chi connectivity index (χ0n) is 12.6. The van der Waals surface area contributed by atoms with Crippen molar-refractivity contribution in [1.29, 1.82) is 0 Å². The highest BCUT2D eigenvalue weighted by molar-refractivity contribution is 6.31. The summed E-state index contributed by atoms with van der Waals surface area (Å²) < 4.78 is 0. The Morgan fingerprint density at radius 1 is 1.40 bits per heavy atom. The monoisotopic (exact) mass is 296 g/mol. The first kappa shape index (κ1) is 15.5. The molecule has 0 radical (unpaired) electrons. The Morgan fingerprint density at radius 3 is 2.65 bits per heavy atom. The number of nitrogens with two attached hydrogens (primary N) is 1. The van der Waals surface area contributed by atoms with E-state index in [2.05, 4.69) is 36.2 Å². The predicted molar refractivity (Wildman–Crippen MR) is 84.6 cm³/mol. The van der Waals surface area contributed by atoms with Crippen LogP contribution in [0.25, 0.3) is 0 Å². The van der Waals surface area contributed by atoms with Crippen molar-refractivity contribution in [3.8, 4) is 0 Å². The molecule has 0 saturated heterocycles.